The van der Waals surface area contributed by atoms with Gasteiger partial charge < -0.3 is 19.7 Å². The van der Waals surface area contributed by atoms with Gasteiger partial charge >= 0.3 is 0 Å². The molecule has 1 aliphatic heterocycles. The summed E-state index contributed by atoms with van der Waals surface area (Å²) >= 11 is 0. The van der Waals surface area contributed by atoms with E-state index in [2.05, 4.69) is 60.5 Å². The Morgan fingerprint density at radius 3 is 2.70 bits per heavy atom. The Morgan fingerprint density at radius 1 is 1.17 bits per heavy atom. The van der Waals surface area contributed by atoms with Crippen molar-refractivity contribution in [3.63, 3.8) is 0 Å². The van der Waals surface area contributed by atoms with Crippen molar-refractivity contribution in [1.29, 1.82) is 0 Å². The predicted molar refractivity (Wildman–Crippen MR) is 123 cm³/mol. The van der Waals surface area contributed by atoms with Crippen LogP contribution in [0.5, 0.6) is 5.75 Å². The Morgan fingerprint density at radius 2 is 1.93 bits per heavy atom. The van der Waals surface area contributed by atoms with Gasteiger partial charge in [0.1, 0.15) is 5.75 Å². The molecule has 2 aromatic carbocycles. The van der Waals surface area contributed by atoms with E-state index in [4.69, 9.17) is 14.5 Å². The van der Waals surface area contributed by atoms with E-state index in [1.54, 1.807) is 7.11 Å². The first-order chi connectivity index (χ1) is 14.7. The zero-order valence-electron chi connectivity index (χ0n) is 18.5. The number of nitrogens with one attached hydrogen (secondary N) is 1. The fourth-order valence-corrected chi connectivity index (χ4v) is 3.90. The quantitative estimate of drug-likeness (QED) is 0.495. The maximum absolute atomic E-state index is 5.97. The van der Waals surface area contributed by atoms with Crippen LogP contribution in [0.3, 0.4) is 0 Å². The molecular formula is C25H35N3O2. The van der Waals surface area contributed by atoms with Gasteiger partial charge in [-0.2, -0.15) is 0 Å². The van der Waals surface area contributed by atoms with Crippen molar-refractivity contribution < 1.29 is 9.47 Å². The number of likely N-dealkylation sites (tertiary alicyclic amines) is 1. The fraction of sp³-hybridized carbons (Fsp3) is 0.480. The molecule has 5 heteroatoms. The zero-order valence-corrected chi connectivity index (χ0v) is 18.5. The van der Waals surface area contributed by atoms with Crippen molar-refractivity contribution in [2.75, 3.05) is 39.9 Å². The molecule has 0 bridgehead atoms. The van der Waals surface area contributed by atoms with Gasteiger partial charge in [0.15, 0.2) is 5.96 Å². The van der Waals surface area contributed by atoms with Crippen LogP contribution in [0.1, 0.15) is 37.3 Å². The molecule has 3 rings (SSSR count). The molecule has 0 aliphatic carbocycles. The highest BCUT2D eigenvalue weighted by molar-refractivity contribution is 5.80. The third kappa shape index (κ3) is 6.23. The summed E-state index contributed by atoms with van der Waals surface area (Å²) in [7, 11) is 1.73. The summed E-state index contributed by atoms with van der Waals surface area (Å²) in [6, 6.07) is 18.6. The third-order valence-electron chi connectivity index (χ3n) is 5.57. The van der Waals surface area contributed by atoms with Gasteiger partial charge in [0, 0.05) is 38.0 Å². The van der Waals surface area contributed by atoms with Crippen LogP contribution in [0.2, 0.25) is 0 Å². The molecule has 0 radical (unpaired) electrons. The number of hydrogen-bond acceptors (Lipinski definition) is 3. The fourth-order valence-electron chi connectivity index (χ4n) is 3.90. The van der Waals surface area contributed by atoms with Crippen LogP contribution in [-0.4, -0.2) is 50.8 Å². The van der Waals surface area contributed by atoms with Crippen LogP contribution >= 0.6 is 0 Å². The molecule has 5 nitrogen and oxygen atoms in total. The van der Waals surface area contributed by atoms with Crippen molar-refractivity contribution in [1.82, 2.24) is 10.2 Å². The number of hydrogen-bond donors (Lipinski definition) is 1. The summed E-state index contributed by atoms with van der Waals surface area (Å²) in [5, 5.41) is 3.47. The number of para-hydroxylation sites is 1. The molecule has 2 aromatic rings. The van der Waals surface area contributed by atoms with Gasteiger partial charge in [0.25, 0.3) is 0 Å². The van der Waals surface area contributed by atoms with Crippen LogP contribution in [0.15, 0.2) is 59.6 Å². The molecule has 2 unspecified atom stereocenters. The first kappa shape index (κ1) is 22.2. The minimum absolute atomic E-state index is 0.294. The summed E-state index contributed by atoms with van der Waals surface area (Å²) in [5.41, 5.74) is 2.43. The Hall–Kier alpha value is -2.53. The van der Waals surface area contributed by atoms with Gasteiger partial charge in [-0.15, -0.1) is 0 Å². The second kappa shape index (κ2) is 11.6. The van der Waals surface area contributed by atoms with Gasteiger partial charge in [-0.3, -0.25) is 4.99 Å². The minimum atomic E-state index is 0.294. The molecule has 1 fully saturated rings. The van der Waals surface area contributed by atoms with Crippen molar-refractivity contribution in [3.05, 3.63) is 65.7 Å². The molecule has 1 saturated heterocycles. The van der Waals surface area contributed by atoms with E-state index in [0.29, 0.717) is 18.4 Å². The Labute approximate surface area is 181 Å². The second-order valence-electron chi connectivity index (χ2n) is 7.94. The smallest absolute Gasteiger partial charge is 0.193 e. The Bertz CT molecular complexity index is 794. The molecule has 30 heavy (non-hydrogen) atoms. The number of methoxy groups -OCH3 is 1. The van der Waals surface area contributed by atoms with Gasteiger partial charge in [-0.25, -0.2) is 0 Å². The monoisotopic (exact) mass is 409 g/mol. The summed E-state index contributed by atoms with van der Waals surface area (Å²) < 4.78 is 11.5. The maximum Gasteiger partial charge on any atom is 0.193 e. The molecule has 1 aliphatic rings. The standard InChI is InChI=1S/C25H35N3O2/c1-4-26-25(27-16-20(2)23-12-8-9-13-24(23)29-3)28-15-14-22(17-28)19-30-18-21-10-6-5-7-11-21/h5-13,20,22H,4,14-19H2,1-3H3,(H,26,27). The molecule has 0 amide bonds. The van der Waals surface area contributed by atoms with Crippen LogP contribution in [0, 0.1) is 5.92 Å². The Kier molecular flexibility index (Phi) is 8.57. The molecule has 1 heterocycles. The van der Waals surface area contributed by atoms with E-state index in [1.807, 2.05) is 18.2 Å². The molecule has 1 N–H and O–H groups in total. The largest absolute Gasteiger partial charge is 0.496 e. The summed E-state index contributed by atoms with van der Waals surface area (Å²) in [6.45, 7) is 9.41. The van der Waals surface area contributed by atoms with Crippen LogP contribution in [0.4, 0.5) is 0 Å². The molecule has 0 aromatic heterocycles. The molecular weight excluding hydrogens is 374 g/mol. The predicted octanol–water partition coefficient (Wildman–Crippen LogP) is 4.30. The van der Waals surface area contributed by atoms with E-state index in [0.717, 1.165) is 50.9 Å². The van der Waals surface area contributed by atoms with Crippen molar-refractivity contribution in [3.8, 4) is 5.75 Å². The van der Waals surface area contributed by atoms with E-state index < -0.39 is 0 Å². The summed E-state index contributed by atoms with van der Waals surface area (Å²) in [6.07, 6.45) is 1.14. The highest BCUT2D eigenvalue weighted by Crippen LogP contribution is 2.26. The number of benzene rings is 2. The van der Waals surface area contributed by atoms with Gasteiger partial charge in [0.2, 0.25) is 0 Å². The molecule has 2 atom stereocenters. The lowest BCUT2D eigenvalue weighted by Gasteiger charge is -2.22. The topological polar surface area (TPSA) is 46.1 Å². The lowest BCUT2D eigenvalue weighted by atomic mass is 10.0. The Balaban J connectivity index is 1.52. The van der Waals surface area contributed by atoms with Gasteiger partial charge in [0.05, 0.1) is 20.3 Å². The molecule has 162 valence electrons. The third-order valence-corrected chi connectivity index (χ3v) is 5.57. The lowest BCUT2D eigenvalue weighted by Crippen LogP contribution is -2.40. The van der Waals surface area contributed by atoms with E-state index in [9.17, 15) is 0 Å². The number of ether oxygens (including phenoxy) is 2. The molecule has 0 spiro atoms. The first-order valence-electron chi connectivity index (χ1n) is 11.0. The normalized spacial score (nSPS) is 17.8. The maximum atomic E-state index is 5.97. The summed E-state index contributed by atoms with van der Waals surface area (Å²) in [5.74, 6) is 2.78. The van der Waals surface area contributed by atoms with Gasteiger partial charge in [-0.05, 0) is 30.5 Å². The van der Waals surface area contributed by atoms with Gasteiger partial charge in [-0.1, -0.05) is 55.5 Å². The second-order valence-corrected chi connectivity index (χ2v) is 7.94. The van der Waals surface area contributed by atoms with E-state index in [1.165, 1.54) is 11.1 Å². The average Bonchev–Trinajstić information content (AvgIpc) is 3.26. The highest BCUT2D eigenvalue weighted by Gasteiger charge is 2.25. The lowest BCUT2D eigenvalue weighted by molar-refractivity contribution is 0.0906. The number of nitrogens with zero attached hydrogens (tertiary/aromatic N) is 2. The summed E-state index contributed by atoms with van der Waals surface area (Å²) in [4.78, 5) is 7.31. The average molecular weight is 410 g/mol. The first-order valence-corrected chi connectivity index (χ1v) is 11.0. The number of guanidine groups is 1. The number of aliphatic imine (C=N–C) groups is 1. The van der Waals surface area contributed by atoms with Crippen molar-refractivity contribution >= 4 is 5.96 Å². The van der Waals surface area contributed by atoms with Crippen LogP contribution < -0.4 is 10.1 Å². The van der Waals surface area contributed by atoms with Crippen LogP contribution in [0.25, 0.3) is 0 Å². The molecule has 0 saturated carbocycles. The minimum Gasteiger partial charge on any atom is -0.496 e. The zero-order chi connectivity index (χ0) is 21.2. The van der Waals surface area contributed by atoms with Crippen molar-refractivity contribution in [2.24, 2.45) is 10.9 Å². The van der Waals surface area contributed by atoms with Crippen LogP contribution in [-0.2, 0) is 11.3 Å². The number of rotatable bonds is 9. The highest BCUT2D eigenvalue weighted by atomic mass is 16.5. The SMILES string of the molecule is CCNC(=NCC(C)c1ccccc1OC)N1CCC(COCc2ccccc2)C1. The van der Waals surface area contributed by atoms with E-state index in [-0.39, 0.29) is 0 Å². The van der Waals surface area contributed by atoms with E-state index >= 15 is 0 Å². The van der Waals surface area contributed by atoms with Crippen molar-refractivity contribution in [2.45, 2.75) is 32.8 Å².